The van der Waals surface area contributed by atoms with Crippen LogP contribution in [0.15, 0.2) is 0 Å². The molecule has 0 aromatic heterocycles. The lowest BCUT2D eigenvalue weighted by molar-refractivity contribution is -0.137. The third kappa shape index (κ3) is 3.37. The van der Waals surface area contributed by atoms with E-state index in [2.05, 4.69) is 6.92 Å². The van der Waals surface area contributed by atoms with Gasteiger partial charge in [0.1, 0.15) is 0 Å². The van der Waals surface area contributed by atoms with Gasteiger partial charge in [-0.1, -0.05) is 26.7 Å². The largest absolute Gasteiger partial charge is 0.338 e. The maximum atomic E-state index is 12.1. The van der Waals surface area contributed by atoms with Crippen LogP contribution in [0.5, 0.6) is 0 Å². The summed E-state index contributed by atoms with van der Waals surface area (Å²) in [4.78, 5) is 14.1. The summed E-state index contributed by atoms with van der Waals surface area (Å²) >= 11 is 5.77. The van der Waals surface area contributed by atoms with Crippen molar-refractivity contribution in [3.8, 4) is 0 Å². The predicted octanol–water partition coefficient (Wildman–Crippen LogP) is 3.04. The maximum Gasteiger partial charge on any atom is 0.225 e. The molecular weight excluding hydrogens is 210 g/mol. The number of hydrogen-bond acceptors (Lipinski definition) is 1. The zero-order chi connectivity index (χ0) is 11.3. The van der Waals surface area contributed by atoms with Crippen LogP contribution in [0.1, 0.15) is 46.0 Å². The number of nitrogens with zero attached hydrogens (tertiary/aromatic N) is 1. The molecule has 0 saturated heterocycles. The van der Waals surface area contributed by atoms with Crippen LogP contribution in [-0.2, 0) is 4.79 Å². The van der Waals surface area contributed by atoms with Crippen molar-refractivity contribution in [2.75, 3.05) is 12.4 Å². The monoisotopic (exact) mass is 231 g/mol. The molecule has 3 heteroatoms. The van der Waals surface area contributed by atoms with Crippen LogP contribution in [0.3, 0.4) is 0 Å². The van der Waals surface area contributed by atoms with Gasteiger partial charge in [-0.25, -0.2) is 0 Å². The van der Waals surface area contributed by atoms with Crippen molar-refractivity contribution in [2.24, 2.45) is 5.92 Å². The van der Waals surface area contributed by atoms with Gasteiger partial charge >= 0.3 is 0 Å². The lowest BCUT2D eigenvalue weighted by atomic mass is 10.1. The number of carbonyl (C=O) groups excluding carboxylic acids is 1. The molecule has 1 unspecified atom stereocenters. The van der Waals surface area contributed by atoms with Gasteiger partial charge in [0.05, 0.1) is 0 Å². The van der Waals surface area contributed by atoms with E-state index in [4.69, 9.17) is 11.6 Å². The zero-order valence-corrected chi connectivity index (χ0v) is 10.6. The van der Waals surface area contributed by atoms with E-state index < -0.39 is 0 Å². The second kappa shape index (κ2) is 6.37. The van der Waals surface area contributed by atoms with Crippen LogP contribution in [-0.4, -0.2) is 29.3 Å². The van der Waals surface area contributed by atoms with Gasteiger partial charge in [-0.3, -0.25) is 4.79 Å². The van der Waals surface area contributed by atoms with Crippen molar-refractivity contribution in [2.45, 2.75) is 52.0 Å². The molecule has 0 spiro atoms. The fourth-order valence-electron chi connectivity index (χ4n) is 2.24. The molecule has 1 atom stereocenters. The van der Waals surface area contributed by atoms with E-state index in [0.29, 0.717) is 17.8 Å². The number of alkyl halides is 1. The Balaban J connectivity index is 2.59. The van der Waals surface area contributed by atoms with Crippen molar-refractivity contribution in [3.05, 3.63) is 0 Å². The first-order valence-corrected chi connectivity index (χ1v) is 6.60. The van der Waals surface area contributed by atoms with Crippen molar-refractivity contribution in [1.82, 2.24) is 4.90 Å². The Morgan fingerprint density at radius 3 is 2.53 bits per heavy atom. The highest BCUT2D eigenvalue weighted by Gasteiger charge is 2.28. The highest BCUT2D eigenvalue weighted by molar-refractivity contribution is 6.18. The second-order valence-corrected chi connectivity index (χ2v) is 4.85. The molecule has 2 nitrogen and oxygen atoms in total. The van der Waals surface area contributed by atoms with E-state index in [-0.39, 0.29) is 5.92 Å². The number of halogens is 1. The van der Waals surface area contributed by atoms with Crippen LogP contribution in [0.25, 0.3) is 0 Å². The molecule has 1 rings (SSSR count). The van der Waals surface area contributed by atoms with Crippen LogP contribution < -0.4 is 0 Å². The molecule has 1 aliphatic carbocycles. The van der Waals surface area contributed by atoms with Gasteiger partial charge in [0.25, 0.3) is 0 Å². The van der Waals surface area contributed by atoms with Crippen LogP contribution in [0.2, 0.25) is 0 Å². The summed E-state index contributed by atoms with van der Waals surface area (Å²) in [6, 6.07) is 0.463. The lowest BCUT2D eigenvalue weighted by Gasteiger charge is -2.30. The van der Waals surface area contributed by atoms with E-state index in [1.165, 1.54) is 25.7 Å². The number of amides is 1. The molecule has 0 aromatic carbocycles. The smallest absolute Gasteiger partial charge is 0.225 e. The van der Waals surface area contributed by atoms with Crippen molar-refractivity contribution in [1.29, 1.82) is 0 Å². The molecule has 88 valence electrons. The molecule has 0 aliphatic heterocycles. The summed E-state index contributed by atoms with van der Waals surface area (Å²) in [7, 11) is 0. The molecule has 0 bridgehead atoms. The summed E-state index contributed by atoms with van der Waals surface area (Å²) < 4.78 is 0. The van der Waals surface area contributed by atoms with Crippen LogP contribution in [0, 0.1) is 5.92 Å². The highest BCUT2D eigenvalue weighted by atomic mass is 35.5. The van der Waals surface area contributed by atoms with Crippen LogP contribution >= 0.6 is 11.6 Å². The number of hydrogen-bond donors (Lipinski definition) is 0. The Hall–Kier alpha value is -0.240. The van der Waals surface area contributed by atoms with Gasteiger partial charge in [0.2, 0.25) is 5.91 Å². The molecule has 0 N–H and O–H groups in total. The summed E-state index contributed by atoms with van der Waals surface area (Å²) in [5, 5.41) is 0. The molecule has 0 aromatic rings. The van der Waals surface area contributed by atoms with E-state index in [1.807, 2.05) is 11.8 Å². The Labute approximate surface area is 98.0 Å². The summed E-state index contributed by atoms with van der Waals surface area (Å²) in [6.45, 7) is 4.80. The third-order valence-electron chi connectivity index (χ3n) is 3.41. The van der Waals surface area contributed by atoms with Gasteiger partial charge in [0, 0.05) is 24.4 Å². The molecule has 0 heterocycles. The SMILES string of the molecule is CCC(C)C(=O)N(CCCl)C1CCCC1. The van der Waals surface area contributed by atoms with Gasteiger partial charge in [-0.2, -0.15) is 0 Å². The summed E-state index contributed by atoms with van der Waals surface area (Å²) in [5.74, 6) is 0.998. The van der Waals surface area contributed by atoms with E-state index in [9.17, 15) is 4.79 Å². The molecule has 0 radical (unpaired) electrons. The predicted molar refractivity (Wildman–Crippen MR) is 64.1 cm³/mol. The third-order valence-corrected chi connectivity index (χ3v) is 3.58. The fraction of sp³-hybridized carbons (Fsp3) is 0.917. The van der Waals surface area contributed by atoms with Gasteiger partial charge < -0.3 is 4.90 Å². The molecule has 15 heavy (non-hydrogen) atoms. The van der Waals surface area contributed by atoms with Gasteiger partial charge in [0.15, 0.2) is 0 Å². The van der Waals surface area contributed by atoms with Crippen molar-refractivity contribution in [3.63, 3.8) is 0 Å². The molecule has 1 amide bonds. The van der Waals surface area contributed by atoms with Gasteiger partial charge in [-0.05, 0) is 19.3 Å². The average molecular weight is 232 g/mol. The Morgan fingerprint density at radius 2 is 2.07 bits per heavy atom. The molecule has 1 fully saturated rings. The van der Waals surface area contributed by atoms with Crippen molar-refractivity contribution >= 4 is 17.5 Å². The first-order valence-electron chi connectivity index (χ1n) is 6.07. The van der Waals surface area contributed by atoms with E-state index in [1.54, 1.807) is 0 Å². The molecular formula is C12H22ClNO. The fourth-order valence-corrected chi connectivity index (χ4v) is 2.42. The first kappa shape index (κ1) is 12.8. The quantitative estimate of drug-likeness (QED) is 0.666. The normalized spacial score (nSPS) is 19.1. The first-order chi connectivity index (χ1) is 7.20. The number of carbonyl (C=O) groups is 1. The number of rotatable bonds is 5. The standard InChI is InChI=1S/C12H22ClNO/c1-3-10(2)12(15)14(9-8-13)11-6-4-5-7-11/h10-11H,3-9H2,1-2H3. The van der Waals surface area contributed by atoms with Crippen LogP contribution in [0.4, 0.5) is 0 Å². The summed E-state index contributed by atoms with van der Waals surface area (Å²) in [5.41, 5.74) is 0. The zero-order valence-electron chi connectivity index (χ0n) is 9.84. The average Bonchev–Trinajstić information content (AvgIpc) is 2.77. The molecule has 1 aliphatic rings. The van der Waals surface area contributed by atoms with Gasteiger partial charge in [-0.15, -0.1) is 11.6 Å². The maximum absolute atomic E-state index is 12.1. The van der Waals surface area contributed by atoms with Crippen molar-refractivity contribution < 1.29 is 4.79 Å². The second-order valence-electron chi connectivity index (χ2n) is 4.47. The Kier molecular flexibility index (Phi) is 5.44. The molecule has 1 saturated carbocycles. The summed E-state index contributed by atoms with van der Waals surface area (Å²) in [6.07, 6.45) is 5.77. The minimum absolute atomic E-state index is 0.147. The lowest BCUT2D eigenvalue weighted by Crippen LogP contribution is -2.42. The topological polar surface area (TPSA) is 20.3 Å². The van der Waals surface area contributed by atoms with E-state index >= 15 is 0 Å². The Morgan fingerprint density at radius 1 is 1.47 bits per heavy atom. The van der Waals surface area contributed by atoms with E-state index in [0.717, 1.165) is 13.0 Å². The minimum Gasteiger partial charge on any atom is -0.338 e. The minimum atomic E-state index is 0.147. The highest BCUT2D eigenvalue weighted by Crippen LogP contribution is 2.25. The Bertz CT molecular complexity index is 202.